The van der Waals surface area contributed by atoms with Gasteiger partial charge in [0.05, 0.1) is 51.1 Å². The van der Waals surface area contributed by atoms with Crippen LogP contribution in [-0.4, -0.2) is 88.1 Å². The van der Waals surface area contributed by atoms with Crippen LogP contribution in [0.3, 0.4) is 0 Å². The van der Waals surface area contributed by atoms with Gasteiger partial charge in [0.25, 0.3) is 0 Å². The minimum Gasteiger partial charge on any atom is -0.399 e. The molecule has 0 atom stereocenters. The maximum absolute atomic E-state index is 6.25. The van der Waals surface area contributed by atoms with Gasteiger partial charge in [0, 0.05) is 122 Å². The van der Waals surface area contributed by atoms with Crippen LogP contribution in [0.15, 0.2) is 333 Å². The molecule has 11 heterocycles. The van der Waals surface area contributed by atoms with Crippen LogP contribution in [0.2, 0.25) is 0 Å². The third-order valence-electron chi connectivity index (χ3n) is 18.1. The molecule has 1 aliphatic rings. The molecule has 1 saturated heterocycles. The molecule has 0 bridgehead atoms. The van der Waals surface area contributed by atoms with Crippen LogP contribution in [0.25, 0.3) is 147 Å². The van der Waals surface area contributed by atoms with Crippen molar-refractivity contribution < 1.29 is 9.31 Å². The Morgan fingerprint density at radius 1 is 0.236 bits per heavy atom. The molecule has 10 aromatic heterocycles. The van der Waals surface area contributed by atoms with Gasteiger partial charge in [0.15, 0.2) is 34.9 Å². The molecular weight excluding hydrogens is 1380 g/mol. The van der Waals surface area contributed by atoms with Crippen molar-refractivity contribution in [2.75, 3.05) is 0 Å². The summed E-state index contributed by atoms with van der Waals surface area (Å²) >= 11 is 3.44. The summed E-state index contributed by atoms with van der Waals surface area (Å²) in [5, 5.41) is 0. The first kappa shape index (κ1) is 68.8. The monoisotopic (exact) mass is 1440 g/mol. The van der Waals surface area contributed by atoms with E-state index in [1.165, 1.54) is 0 Å². The van der Waals surface area contributed by atoms with Gasteiger partial charge in [0.2, 0.25) is 0 Å². The fraction of sp³-hybridized carbons (Fsp3) is 0.0682. The highest BCUT2D eigenvalue weighted by Crippen LogP contribution is 2.38. The van der Waals surface area contributed by atoms with E-state index in [9.17, 15) is 0 Å². The van der Waals surface area contributed by atoms with E-state index in [0.717, 1.165) is 122 Å². The van der Waals surface area contributed by atoms with Crippen LogP contribution in [0.1, 0.15) is 27.7 Å². The first-order valence-corrected chi connectivity index (χ1v) is 35.2. The molecule has 106 heavy (non-hydrogen) atoms. The molecule has 16 aromatic rings. The molecule has 0 aliphatic carbocycles. The molecule has 0 saturated carbocycles. The smallest absolute Gasteiger partial charge is 0.399 e. The van der Waals surface area contributed by atoms with E-state index in [0.29, 0.717) is 34.9 Å². The molecular formula is C88H66BBrN14O2. The number of benzene rings is 6. The highest BCUT2D eigenvalue weighted by molar-refractivity contribution is 9.10. The number of nitrogens with zero attached hydrogens (tertiary/aromatic N) is 14. The Bertz CT molecular complexity index is 5280. The van der Waals surface area contributed by atoms with E-state index in [-0.39, 0.29) is 0 Å². The first-order valence-electron chi connectivity index (χ1n) is 34.5. The molecule has 18 heteroatoms. The Labute approximate surface area is 623 Å². The van der Waals surface area contributed by atoms with Crippen LogP contribution in [0.5, 0.6) is 0 Å². The third kappa shape index (κ3) is 16.1. The number of pyridine rings is 8. The summed E-state index contributed by atoms with van der Waals surface area (Å²) < 4.78 is 13.3. The van der Waals surface area contributed by atoms with Crippen LogP contribution in [0, 0.1) is 0 Å². The van der Waals surface area contributed by atoms with E-state index in [2.05, 4.69) is 105 Å². The summed E-state index contributed by atoms with van der Waals surface area (Å²) in [5.74, 6) is 3.73. The third-order valence-corrected chi connectivity index (χ3v) is 18.5. The average molecular weight is 1440 g/mol. The highest BCUT2D eigenvalue weighted by atomic mass is 79.9. The summed E-state index contributed by atoms with van der Waals surface area (Å²) in [6.45, 7) is 8.23. The second-order valence-corrected chi connectivity index (χ2v) is 26.6. The number of halogens is 1. The molecule has 1 fully saturated rings. The van der Waals surface area contributed by atoms with E-state index >= 15 is 0 Å². The van der Waals surface area contributed by atoms with Gasteiger partial charge in [0.1, 0.15) is 4.60 Å². The van der Waals surface area contributed by atoms with Gasteiger partial charge < -0.3 is 9.31 Å². The fourth-order valence-corrected chi connectivity index (χ4v) is 12.2. The van der Waals surface area contributed by atoms with Crippen molar-refractivity contribution >= 4 is 28.5 Å². The van der Waals surface area contributed by atoms with Crippen molar-refractivity contribution in [2.45, 2.75) is 38.9 Å². The van der Waals surface area contributed by atoms with E-state index in [1.54, 1.807) is 43.4 Å². The van der Waals surface area contributed by atoms with Crippen molar-refractivity contribution in [3.05, 3.63) is 333 Å². The molecule has 1 aliphatic heterocycles. The predicted octanol–water partition coefficient (Wildman–Crippen LogP) is 19.3. The number of rotatable bonds is 14. The van der Waals surface area contributed by atoms with Crippen molar-refractivity contribution in [2.24, 2.45) is 0 Å². The molecule has 0 N–H and O–H groups in total. The molecule has 17 rings (SSSR count). The Balaban J connectivity index is 0.000000135. The Morgan fingerprint density at radius 2 is 0.557 bits per heavy atom. The summed E-state index contributed by atoms with van der Waals surface area (Å²) in [6, 6.07) is 92.0. The maximum Gasteiger partial charge on any atom is 0.494 e. The largest absolute Gasteiger partial charge is 0.494 e. The Morgan fingerprint density at radius 3 is 0.962 bits per heavy atom. The standard InChI is InChI=1S/C41H27N7.C27H26BN3O2.C20H13BrN4/c1-3-10-29(11-4-1)39-46-40(30-12-5-2-6-13-30)48-41(47-39)32-15-7-14-31(24-32)35-17-8-18-36(44-35)34-25-37(28-19-22-42-23-20-28)45-38(26-34)33-16-9-21-43-27-33;1-26(2)27(3,4)33-28(32-26)22-17-11-16-21(18-22)25-30-23(19-12-7-5-8-13-19)29-24(31-25)20-14-9-6-10-15-20;21-20-3-1-2-17(25-20)16-12-18(14-4-8-22-9-5-14)24-19(13-16)15-6-10-23-11-7-15/h1-27H;5-18H,1-4H3;1-13H. The van der Waals surface area contributed by atoms with Crippen LogP contribution in [-0.2, 0) is 9.31 Å². The number of hydrogen-bond acceptors (Lipinski definition) is 16. The van der Waals surface area contributed by atoms with Gasteiger partial charge in [-0.25, -0.2) is 49.8 Å². The van der Waals surface area contributed by atoms with Gasteiger partial charge in [-0.15, -0.1) is 0 Å². The molecule has 0 amide bonds. The van der Waals surface area contributed by atoms with Crippen molar-refractivity contribution in [3.63, 3.8) is 0 Å². The summed E-state index contributed by atoms with van der Waals surface area (Å²) in [5.41, 5.74) is 18.5. The lowest BCUT2D eigenvalue weighted by Crippen LogP contribution is -2.41. The van der Waals surface area contributed by atoms with Gasteiger partial charge in [-0.3, -0.25) is 19.9 Å². The zero-order chi connectivity index (χ0) is 72.2. The van der Waals surface area contributed by atoms with Crippen molar-refractivity contribution in [1.82, 2.24) is 69.8 Å². The summed E-state index contributed by atoms with van der Waals surface area (Å²) in [7, 11) is -0.445. The topological polar surface area (TPSA) is 199 Å². The lowest BCUT2D eigenvalue weighted by molar-refractivity contribution is 0.00578. The van der Waals surface area contributed by atoms with E-state index in [1.807, 2.05) is 249 Å². The zero-order valence-electron chi connectivity index (χ0n) is 58.2. The Kier molecular flexibility index (Phi) is 20.3. The van der Waals surface area contributed by atoms with Crippen LogP contribution < -0.4 is 5.46 Å². The first-order chi connectivity index (χ1) is 51.9. The number of aromatic nitrogens is 14. The molecule has 16 nitrogen and oxygen atoms in total. The average Bonchev–Trinajstić information content (AvgIpc) is 1.54. The SMILES string of the molecule is Brc1cccc(-c2cc(-c3ccncc3)nc(-c3ccncc3)c2)n1.CC1(C)OB(c2cccc(-c3nc(-c4ccccc4)nc(-c4ccccc4)n3)c2)OC1(C)C.c1ccc(-c2nc(-c3ccccc3)nc(-c3cccc(-c4cccc(-c5cc(-c6ccncc6)nc(-c6cccnc6)c5)n4)c3)n2)cc1. The maximum atomic E-state index is 6.25. The van der Waals surface area contributed by atoms with Crippen molar-refractivity contribution in [3.8, 4) is 147 Å². The quantitative estimate of drug-likeness (QED) is 0.0735. The minimum absolute atomic E-state index is 0.401. The molecule has 0 radical (unpaired) electrons. The Hall–Kier alpha value is -13.0. The molecule has 510 valence electrons. The zero-order valence-corrected chi connectivity index (χ0v) is 59.8. The lowest BCUT2D eigenvalue weighted by atomic mass is 9.78. The van der Waals surface area contributed by atoms with E-state index in [4.69, 9.17) is 54.2 Å². The van der Waals surface area contributed by atoms with Crippen LogP contribution in [0.4, 0.5) is 0 Å². The minimum atomic E-state index is -0.445. The van der Waals surface area contributed by atoms with Crippen LogP contribution >= 0.6 is 15.9 Å². The normalized spacial score (nSPS) is 12.6. The molecule has 0 spiro atoms. The summed E-state index contributed by atoms with van der Waals surface area (Å²) in [6.07, 6.45) is 14.2. The van der Waals surface area contributed by atoms with Gasteiger partial charge in [-0.2, -0.15) is 0 Å². The molecule has 0 unspecified atom stereocenters. The predicted molar refractivity (Wildman–Crippen MR) is 423 cm³/mol. The highest BCUT2D eigenvalue weighted by Gasteiger charge is 2.51. The summed E-state index contributed by atoms with van der Waals surface area (Å²) in [4.78, 5) is 65.3. The van der Waals surface area contributed by atoms with Gasteiger partial charge >= 0.3 is 7.12 Å². The fourth-order valence-electron chi connectivity index (χ4n) is 11.9. The van der Waals surface area contributed by atoms with Gasteiger partial charge in [-0.1, -0.05) is 176 Å². The van der Waals surface area contributed by atoms with Gasteiger partial charge in [-0.05, 0) is 152 Å². The van der Waals surface area contributed by atoms with Crippen molar-refractivity contribution in [1.29, 1.82) is 0 Å². The second kappa shape index (κ2) is 31.3. The van der Waals surface area contributed by atoms with E-state index < -0.39 is 18.3 Å². The number of hydrogen-bond donors (Lipinski definition) is 0. The lowest BCUT2D eigenvalue weighted by Gasteiger charge is -2.32. The molecule has 6 aromatic carbocycles. The second-order valence-electron chi connectivity index (χ2n) is 25.8.